The number of sulfonamides is 1. The van der Waals surface area contributed by atoms with Crippen LogP contribution in [0.25, 0.3) is 0 Å². The molecule has 0 aromatic heterocycles. The van der Waals surface area contributed by atoms with Crippen molar-refractivity contribution in [3.05, 3.63) is 65.2 Å². The highest BCUT2D eigenvalue weighted by atomic mass is 32.2. The number of amidine groups is 1. The lowest BCUT2D eigenvalue weighted by Gasteiger charge is -2.39. The minimum Gasteiger partial charge on any atom is -0.511 e. The van der Waals surface area contributed by atoms with Crippen LogP contribution < -0.4 is 10.2 Å². The molecule has 37 heavy (non-hydrogen) atoms. The third-order valence-electron chi connectivity index (χ3n) is 7.89. The van der Waals surface area contributed by atoms with Gasteiger partial charge in [0.2, 0.25) is 0 Å². The number of fused-ring (bicyclic) bond motifs is 2. The van der Waals surface area contributed by atoms with E-state index in [9.17, 15) is 22.7 Å². The first-order valence-electron chi connectivity index (χ1n) is 12.8. The second-order valence-corrected chi connectivity index (χ2v) is 11.8. The summed E-state index contributed by atoms with van der Waals surface area (Å²) in [6.45, 7) is 1.98. The molecule has 2 aromatic carbocycles. The highest BCUT2D eigenvalue weighted by Gasteiger charge is 2.46. The molecule has 194 valence electrons. The molecular formula is C27H29FN4O4S. The minimum absolute atomic E-state index is 0.0598. The predicted molar refractivity (Wildman–Crippen MR) is 138 cm³/mol. The van der Waals surface area contributed by atoms with Crippen LogP contribution in [0.4, 0.5) is 15.8 Å². The Morgan fingerprint density at radius 3 is 2.54 bits per heavy atom. The lowest BCUT2D eigenvalue weighted by atomic mass is 9.89. The molecule has 4 aliphatic rings. The molecule has 6 rings (SSSR count). The Hall–Kier alpha value is -3.40. The van der Waals surface area contributed by atoms with Crippen molar-refractivity contribution in [2.24, 2.45) is 10.3 Å². The summed E-state index contributed by atoms with van der Waals surface area (Å²) in [4.78, 5) is 17.6. The Labute approximate surface area is 215 Å². The Kier molecular flexibility index (Phi) is 5.94. The molecule has 0 radical (unpaired) electrons. The van der Waals surface area contributed by atoms with E-state index in [2.05, 4.69) is 14.6 Å². The topological polar surface area (TPSA) is 102 Å². The maximum Gasteiger partial charge on any atom is 0.286 e. The predicted octanol–water partition coefficient (Wildman–Crippen LogP) is 4.35. The monoisotopic (exact) mass is 524 g/mol. The van der Waals surface area contributed by atoms with E-state index in [0.29, 0.717) is 12.1 Å². The molecule has 2 fully saturated rings. The van der Waals surface area contributed by atoms with Crippen molar-refractivity contribution in [2.45, 2.75) is 56.0 Å². The van der Waals surface area contributed by atoms with Gasteiger partial charge in [-0.05, 0) is 68.0 Å². The molecule has 8 nitrogen and oxygen atoms in total. The summed E-state index contributed by atoms with van der Waals surface area (Å²) in [7, 11) is -4.11. The molecule has 2 aromatic rings. The lowest BCUT2D eigenvalue weighted by Crippen LogP contribution is -2.49. The fourth-order valence-corrected chi connectivity index (χ4v) is 7.17. The summed E-state index contributed by atoms with van der Waals surface area (Å²) in [5.74, 6) is -1.42. The first-order valence-corrected chi connectivity index (χ1v) is 14.3. The summed E-state index contributed by atoms with van der Waals surface area (Å²) in [6.07, 6.45) is 5.55. The van der Waals surface area contributed by atoms with Gasteiger partial charge in [-0.25, -0.2) is 4.39 Å². The van der Waals surface area contributed by atoms with Crippen molar-refractivity contribution in [3.8, 4) is 0 Å². The number of carbonyl (C=O) groups excluding carboxylic acids is 1. The molecule has 0 spiro atoms. The van der Waals surface area contributed by atoms with Gasteiger partial charge in [0.15, 0.2) is 5.84 Å². The van der Waals surface area contributed by atoms with Crippen LogP contribution in [0.2, 0.25) is 0 Å². The molecule has 3 aliphatic heterocycles. The number of hydrogen-bond acceptors (Lipinski definition) is 6. The highest BCUT2D eigenvalue weighted by molar-refractivity contribution is 7.90. The second-order valence-electron chi connectivity index (χ2n) is 10.2. The van der Waals surface area contributed by atoms with Crippen LogP contribution >= 0.6 is 0 Å². The average molecular weight is 525 g/mol. The molecular weight excluding hydrogens is 495 g/mol. The molecule has 0 unspecified atom stereocenters. The third-order valence-corrected chi connectivity index (χ3v) is 9.21. The van der Waals surface area contributed by atoms with Crippen LogP contribution in [0.1, 0.15) is 44.1 Å². The molecule has 1 aliphatic carbocycles. The molecule has 0 bridgehead atoms. The number of aliphatic hydroxyl groups excluding tert-OH is 1. The van der Waals surface area contributed by atoms with E-state index < -0.39 is 15.9 Å². The Morgan fingerprint density at radius 1 is 1.03 bits per heavy atom. The van der Waals surface area contributed by atoms with E-state index >= 15 is 0 Å². The van der Waals surface area contributed by atoms with Gasteiger partial charge in [0.1, 0.15) is 22.0 Å². The molecule has 2 N–H and O–H groups in total. The number of nitrogens with one attached hydrogen (secondary N) is 1. The molecule has 2 atom stereocenters. The van der Waals surface area contributed by atoms with E-state index in [0.717, 1.165) is 50.0 Å². The maximum absolute atomic E-state index is 13.7. The summed E-state index contributed by atoms with van der Waals surface area (Å²) in [6, 6.07) is 10.9. The van der Waals surface area contributed by atoms with Crippen LogP contribution in [0.5, 0.6) is 0 Å². The van der Waals surface area contributed by atoms with Gasteiger partial charge < -0.3 is 20.2 Å². The average Bonchev–Trinajstić information content (AvgIpc) is 3.38. The molecule has 10 heteroatoms. The molecule has 1 saturated carbocycles. The Balaban J connectivity index is 1.35. The van der Waals surface area contributed by atoms with Crippen molar-refractivity contribution < 1.29 is 22.7 Å². The number of carbonyl (C=O) groups is 1. The third kappa shape index (κ3) is 4.27. The number of anilines is 2. The van der Waals surface area contributed by atoms with Gasteiger partial charge in [0.25, 0.3) is 15.9 Å². The number of piperidine rings is 1. The van der Waals surface area contributed by atoms with Gasteiger partial charge >= 0.3 is 0 Å². The summed E-state index contributed by atoms with van der Waals surface area (Å²) < 4.78 is 44.0. The smallest absolute Gasteiger partial charge is 0.286 e. The largest absolute Gasteiger partial charge is 0.511 e. The fraction of sp³-hybridized carbons (Fsp3) is 0.407. The summed E-state index contributed by atoms with van der Waals surface area (Å²) >= 11 is 0. The van der Waals surface area contributed by atoms with E-state index in [4.69, 9.17) is 0 Å². The first-order chi connectivity index (χ1) is 17.8. The molecule has 3 heterocycles. The molecule has 1 saturated heterocycles. The van der Waals surface area contributed by atoms with Gasteiger partial charge in [-0.1, -0.05) is 18.6 Å². The highest BCUT2D eigenvalue weighted by Crippen LogP contribution is 2.42. The second kappa shape index (κ2) is 9.16. The van der Waals surface area contributed by atoms with Crippen LogP contribution in [0, 0.1) is 11.7 Å². The van der Waals surface area contributed by atoms with Gasteiger partial charge in [-0.3, -0.25) is 4.79 Å². The Morgan fingerprint density at radius 2 is 1.78 bits per heavy atom. The number of amides is 1. The SMILES string of the molecule is O=C1C(C2=NS(=O)(=O)c3cc(N4CCCCC4)ccc3N2)=C(O)[C@@H]2CCC[C@@H]2N1Cc1ccc(F)cc1. The van der Waals surface area contributed by atoms with Gasteiger partial charge in [-0.2, -0.15) is 8.42 Å². The van der Waals surface area contributed by atoms with Gasteiger partial charge in [0.05, 0.1) is 5.69 Å². The van der Waals surface area contributed by atoms with Gasteiger partial charge in [-0.15, -0.1) is 4.40 Å². The Bertz CT molecular complexity index is 1410. The van der Waals surface area contributed by atoms with Crippen LogP contribution in [0.3, 0.4) is 0 Å². The van der Waals surface area contributed by atoms with Crippen molar-refractivity contribution in [1.29, 1.82) is 0 Å². The number of hydrogen-bond donors (Lipinski definition) is 2. The van der Waals surface area contributed by atoms with Crippen molar-refractivity contribution in [1.82, 2.24) is 4.90 Å². The maximum atomic E-state index is 13.7. The number of benzene rings is 2. The summed E-state index contributed by atoms with van der Waals surface area (Å²) in [5, 5.41) is 14.2. The van der Waals surface area contributed by atoms with E-state index in [1.54, 1.807) is 29.2 Å². The number of halogens is 1. The van der Waals surface area contributed by atoms with Crippen molar-refractivity contribution >= 4 is 33.1 Å². The quantitative estimate of drug-likeness (QED) is 0.617. The van der Waals surface area contributed by atoms with E-state index in [1.807, 2.05) is 6.07 Å². The number of aliphatic hydroxyl groups is 1. The zero-order chi connectivity index (χ0) is 25.7. The zero-order valence-corrected chi connectivity index (χ0v) is 21.2. The lowest BCUT2D eigenvalue weighted by molar-refractivity contribution is -0.132. The van der Waals surface area contributed by atoms with E-state index in [1.165, 1.54) is 18.6 Å². The fourth-order valence-electron chi connectivity index (χ4n) is 6.02. The van der Waals surface area contributed by atoms with Crippen LogP contribution in [0.15, 0.2) is 63.1 Å². The van der Waals surface area contributed by atoms with Crippen LogP contribution in [-0.2, 0) is 21.4 Å². The number of rotatable bonds is 4. The normalized spacial score (nSPS) is 24.9. The van der Waals surface area contributed by atoms with Gasteiger partial charge in [0, 0.05) is 37.3 Å². The standard InChI is InChI=1S/C27H29FN4O4S/c28-18-9-7-17(8-10-18)16-32-22-6-4-5-20(22)25(33)24(27(32)34)26-29-21-12-11-19(31-13-2-1-3-14-31)15-23(21)37(35,36)30-26/h7-12,15,20,22,33H,1-6,13-14,16H2,(H,29,30)/t20-,22+/m1/s1. The minimum atomic E-state index is -4.11. The van der Waals surface area contributed by atoms with Crippen molar-refractivity contribution in [2.75, 3.05) is 23.3 Å². The first kappa shape index (κ1) is 24.0. The zero-order valence-electron chi connectivity index (χ0n) is 20.4. The van der Waals surface area contributed by atoms with E-state index in [-0.39, 0.29) is 46.4 Å². The summed E-state index contributed by atoms with van der Waals surface area (Å²) in [5.41, 5.74) is 1.80. The number of nitrogens with zero attached hydrogens (tertiary/aromatic N) is 3. The van der Waals surface area contributed by atoms with Crippen molar-refractivity contribution in [3.63, 3.8) is 0 Å². The van der Waals surface area contributed by atoms with Crippen LogP contribution in [-0.4, -0.2) is 49.3 Å². The molecule has 1 amide bonds.